The number of ether oxygens (including phenoxy) is 2. The van der Waals surface area contributed by atoms with Crippen LogP contribution in [0.3, 0.4) is 0 Å². The van der Waals surface area contributed by atoms with E-state index in [0.29, 0.717) is 28.1 Å². The van der Waals surface area contributed by atoms with Crippen LogP contribution in [-0.2, 0) is 9.59 Å². The molecule has 1 fully saturated rings. The van der Waals surface area contributed by atoms with Gasteiger partial charge in [-0.2, -0.15) is 0 Å². The van der Waals surface area contributed by atoms with Crippen LogP contribution < -0.4 is 19.7 Å². The summed E-state index contributed by atoms with van der Waals surface area (Å²) in [6.45, 7) is 2.13. The third-order valence-electron chi connectivity index (χ3n) is 4.11. The van der Waals surface area contributed by atoms with Crippen LogP contribution in [-0.4, -0.2) is 35.8 Å². The fourth-order valence-corrected chi connectivity index (χ4v) is 3.51. The van der Waals surface area contributed by atoms with Crippen LogP contribution in [0.25, 0.3) is 6.08 Å². The van der Waals surface area contributed by atoms with Crippen molar-refractivity contribution in [1.29, 1.82) is 0 Å². The van der Waals surface area contributed by atoms with Crippen LogP contribution in [0.15, 0.2) is 46.4 Å². The summed E-state index contributed by atoms with van der Waals surface area (Å²) in [4.78, 5) is 26.9. The van der Waals surface area contributed by atoms with Crippen LogP contribution in [0.1, 0.15) is 12.5 Å². The number of phenols is 1. The van der Waals surface area contributed by atoms with Gasteiger partial charge >= 0.3 is 0 Å². The summed E-state index contributed by atoms with van der Waals surface area (Å²) in [5, 5.41) is 12.5. The van der Waals surface area contributed by atoms with Crippen molar-refractivity contribution in [2.45, 2.75) is 6.92 Å². The molecule has 7 nitrogen and oxygen atoms in total. The van der Waals surface area contributed by atoms with Gasteiger partial charge in [0.25, 0.3) is 11.8 Å². The van der Waals surface area contributed by atoms with Crippen LogP contribution in [0.4, 0.5) is 5.69 Å². The molecule has 2 aromatic rings. The van der Waals surface area contributed by atoms with Crippen molar-refractivity contribution in [3.8, 4) is 17.2 Å². The third kappa shape index (κ3) is 4.10. The van der Waals surface area contributed by atoms with E-state index in [1.807, 2.05) is 0 Å². The molecule has 0 aromatic heterocycles. The maximum absolute atomic E-state index is 13.2. The minimum Gasteiger partial charge on any atom is -0.504 e. The Morgan fingerprint density at radius 2 is 1.97 bits per heavy atom. The smallest absolute Gasteiger partial charge is 0.270 e. The lowest BCUT2D eigenvalue weighted by Crippen LogP contribution is -2.54. The highest BCUT2D eigenvalue weighted by Gasteiger charge is 2.36. The molecule has 0 atom stereocenters. The third-order valence-corrected chi connectivity index (χ3v) is 5.08. The van der Waals surface area contributed by atoms with Crippen molar-refractivity contribution in [2.75, 3.05) is 18.6 Å². The van der Waals surface area contributed by atoms with Gasteiger partial charge in [0, 0.05) is 4.47 Å². The molecule has 2 aromatic carbocycles. The van der Waals surface area contributed by atoms with Crippen LogP contribution in [0.2, 0.25) is 0 Å². The van der Waals surface area contributed by atoms with Crippen molar-refractivity contribution in [3.05, 3.63) is 52.0 Å². The second-order valence-corrected chi connectivity index (χ2v) is 7.15. The molecule has 0 radical (unpaired) electrons. The van der Waals surface area contributed by atoms with E-state index < -0.39 is 11.8 Å². The number of benzene rings is 2. The van der Waals surface area contributed by atoms with Crippen molar-refractivity contribution in [2.24, 2.45) is 0 Å². The Balaban J connectivity index is 2.08. The number of aromatic hydroxyl groups is 1. The molecule has 0 saturated carbocycles. The maximum atomic E-state index is 13.2. The SMILES string of the molecule is CCOc1cc(/C=C2\C(=O)NC(=S)N(c3ccccc3OC)C2=O)c(Br)cc1O. The molecule has 0 bridgehead atoms. The second kappa shape index (κ2) is 8.62. The predicted octanol–water partition coefficient (Wildman–Crippen LogP) is 3.39. The second-order valence-electron chi connectivity index (χ2n) is 5.90. The summed E-state index contributed by atoms with van der Waals surface area (Å²) in [5.41, 5.74) is 0.770. The van der Waals surface area contributed by atoms with Gasteiger partial charge in [-0.1, -0.05) is 28.1 Å². The summed E-state index contributed by atoms with van der Waals surface area (Å²) in [5.74, 6) is -0.603. The molecule has 2 amide bonds. The molecule has 29 heavy (non-hydrogen) atoms. The van der Waals surface area contributed by atoms with Gasteiger partial charge in [-0.3, -0.25) is 14.9 Å². The monoisotopic (exact) mass is 476 g/mol. The first-order chi connectivity index (χ1) is 13.9. The minimum absolute atomic E-state index is 0.0403. The molecular weight excluding hydrogens is 460 g/mol. The lowest BCUT2D eigenvalue weighted by atomic mass is 10.1. The lowest BCUT2D eigenvalue weighted by Gasteiger charge is -2.29. The van der Waals surface area contributed by atoms with Gasteiger partial charge in [0.1, 0.15) is 11.3 Å². The average Bonchev–Trinajstić information content (AvgIpc) is 2.68. The number of thiocarbonyl (C=S) groups is 1. The first-order valence-electron chi connectivity index (χ1n) is 8.57. The van der Waals surface area contributed by atoms with Gasteiger partial charge in [-0.05, 0) is 55.0 Å². The van der Waals surface area contributed by atoms with Crippen molar-refractivity contribution < 1.29 is 24.2 Å². The quantitative estimate of drug-likeness (QED) is 0.390. The number of hydrogen-bond acceptors (Lipinski definition) is 6. The van der Waals surface area contributed by atoms with E-state index in [1.54, 1.807) is 31.2 Å². The molecule has 9 heteroatoms. The standard InChI is InChI=1S/C20H17BrN2O5S/c1-3-28-17-9-11(13(21)10-15(17)24)8-12-18(25)22-20(29)23(19(12)26)14-6-4-5-7-16(14)27-2/h4-10,24H,3H2,1-2H3,(H,22,25,29)/b12-8+. The molecule has 1 aliphatic heterocycles. The predicted molar refractivity (Wildman–Crippen MR) is 116 cm³/mol. The van der Waals surface area contributed by atoms with E-state index in [9.17, 15) is 14.7 Å². The first kappa shape index (κ1) is 20.8. The molecular formula is C20H17BrN2O5S. The maximum Gasteiger partial charge on any atom is 0.270 e. The number of phenolic OH excluding ortho intramolecular Hbond substituents is 1. The zero-order chi connectivity index (χ0) is 21.1. The van der Waals surface area contributed by atoms with E-state index in [0.717, 1.165) is 0 Å². The van der Waals surface area contributed by atoms with Crippen LogP contribution in [0.5, 0.6) is 17.2 Å². The normalized spacial score (nSPS) is 15.5. The Hall–Kier alpha value is -2.91. The lowest BCUT2D eigenvalue weighted by molar-refractivity contribution is -0.122. The Kier molecular flexibility index (Phi) is 6.19. The molecule has 1 aliphatic rings. The van der Waals surface area contributed by atoms with Gasteiger partial charge < -0.3 is 14.6 Å². The Morgan fingerprint density at radius 3 is 2.66 bits per heavy atom. The first-order valence-corrected chi connectivity index (χ1v) is 9.77. The van der Waals surface area contributed by atoms with E-state index in [-0.39, 0.29) is 22.2 Å². The molecule has 1 saturated heterocycles. The number of anilines is 1. The number of para-hydroxylation sites is 2. The van der Waals surface area contributed by atoms with Gasteiger partial charge in [-0.15, -0.1) is 0 Å². The molecule has 2 N–H and O–H groups in total. The average molecular weight is 477 g/mol. The number of nitrogens with zero attached hydrogens (tertiary/aromatic N) is 1. The molecule has 3 rings (SSSR count). The number of nitrogens with one attached hydrogen (secondary N) is 1. The van der Waals surface area contributed by atoms with E-state index in [4.69, 9.17) is 21.7 Å². The van der Waals surface area contributed by atoms with E-state index in [1.165, 1.54) is 30.2 Å². The van der Waals surface area contributed by atoms with E-state index >= 15 is 0 Å². The molecule has 1 heterocycles. The Bertz CT molecular complexity index is 1040. The van der Waals surface area contributed by atoms with Gasteiger partial charge in [-0.25, -0.2) is 4.90 Å². The van der Waals surface area contributed by atoms with Gasteiger partial charge in [0.2, 0.25) is 0 Å². The zero-order valence-corrected chi connectivity index (χ0v) is 18.0. The number of methoxy groups -OCH3 is 1. The summed E-state index contributed by atoms with van der Waals surface area (Å²) in [7, 11) is 1.48. The number of carbonyl (C=O) groups excluding carboxylic acids is 2. The highest BCUT2D eigenvalue weighted by Crippen LogP contribution is 2.35. The van der Waals surface area contributed by atoms with Crippen molar-refractivity contribution in [1.82, 2.24) is 5.32 Å². The van der Waals surface area contributed by atoms with Gasteiger partial charge in [0.05, 0.1) is 19.4 Å². The number of carbonyl (C=O) groups is 2. The number of rotatable bonds is 5. The summed E-state index contributed by atoms with van der Waals surface area (Å²) < 4.78 is 11.2. The zero-order valence-electron chi connectivity index (χ0n) is 15.6. The molecule has 0 aliphatic carbocycles. The molecule has 0 unspecified atom stereocenters. The van der Waals surface area contributed by atoms with Crippen molar-refractivity contribution >= 4 is 56.8 Å². The van der Waals surface area contributed by atoms with E-state index in [2.05, 4.69) is 21.2 Å². The Labute approximate surface area is 181 Å². The molecule has 150 valence electrons. The fraction of sp³-hybridized carbons (Fsp3) is 0.150. The summed E-state index contributed by atoms with van der Waals surface area (Å²) in [6.07, 6.45) is 1.41. The highest BCUT2D eigenvalue weighted by molar-refractivity contribution is 9.10. The van der Waals surface area contributed by atoms with Crippen LogP contribution >= 0.6 is 28.1 Å². The Morgan fingerprint density at radius 1 is 1.24 bits per heavy atom. The number of amides is 2. The number of hydrogen-bond donors (Lipinski definition) is 2. The minimum atomic E-state index is -0.621. The van der Waals surface area contributed by atoms with Crippen molar-refractivity contribution in [3.63, 3.8) is 0 Å². The van der Waals surface area contributed by atoms with Crippen LogP contribution in [0, 0.1) is 0 Å². The number of halogens is 1. The fourth-order valence-electron chi connectivity index (χ4n) is 2.79. The molecule has 0 spiro atoms. The largest absolute Gasteiger partial charge is 0.504 e. The summed E-state index contributed by atoms with van der Waals surface area (Å²) in [6, 6.07) is 9.83. The van der Waals surface area contributed by atoms with Gasteiger partial charge in [0.15, 0.2) is 16.6 Å². The summed E-state index contributed by atoms with van der Waals surface area (Å²) >= 11 is 8.55. The highest BCUT2D eigenvalue weighted by atomic mass is 79.9. The topological polar surface area (TPSA) is 88.1 Å².